The van der Waals surface area contributed by atoms with Crippen molar-refractivity contribution < 1.29 is 23.9 Å². The van der Waals surface area contributed by atoms with Crippen molar-refractivity contribution in [2.24, 2.45) is 10.9 Å². The second-order valence-corrected chi connectivity index (χ2v) is 4.15. The van der Waals surface area contributed by atoms with Crippen LogP contribution in [0.3, 0.4) is 0 Å². The lowest BCUT2D eigenvalue weighted by atomic mass is 10.1. The molecule has 8 nitrogen and oxygen atoms in total. The highest BCUT2D eigenvalue weighted by Gasteiger charge is 2.33. The lowest BCUT2D eigenvalue weighted by Gasteiger charge is -2.09. The van der Waals surface area contributed by atoms with E-state index in [0.717, 1.165) is 0 Å². The molecule has 1 saturated heterocycles. The van der Waals surface area contributed by atoms with Crippen molar-refractivity contribution in [2.45, 2.75) is 26.9 Å². The topological polar surface area (TPSA) is 106 Å². The zero-order chi connectivity index (χ0) is 14.4. The van der Waals surface area contributed by atoms with Crippen molar-refractivity contribution in [3.8, 4) is 0 Å². The van der Waals surface area contributed by atoms with Gasteiger partial charge in [-0.05, 0) is 12.8 Å². The molecule has 0 aliphatic carbocycles. The third kappa shape index (κ3) is 4.57. The molecule has 0 bridgehead atoms. The van der Waals surface area contributed by atoms with Gasteiger partial charge in [-0.1, -0.05) is 13.8 Å². The van der Waals surface area contributed by atoms with Gasteiger partial charge in [0, 0.05) is 0 Å². The zero-order valence-electron chi connectivity index (χ0n) is 11.1. The second kappa shape index (κ2) is 6.72. The Labute approximate surface area is 110 Å². The lowest BCUT2D eigenvalue weighted by Crippen LogP contribution is -2.31. The quantitative estimate of drug-likeness (QED) is 0.688. The summed E-state index contributed by atoms with van der Waals surface area (Å²) in [5.41, 5.74) is 0. The minimum Gasteiger partial charge on any atom is -0.465 e. The fourth-order valence-electron chi connectivity index (χ4n) is 1.36. The van der Waals surface area contributed by atoms with Crippen molar-refractivity contribution in [2.75, 3.05) is 13.2 Å². The number of nitrogens with zero attached hydrogens (tertiary/aromatic N) is 1. The zero-order valence-corrected chi connectivity index (χ0v) is 11.1. The Hall–Kier alpha value is -2.12. The summed E-state index contributed by atoms with van der Waals surface area (Å²) in [5.74, 6) is -0.935. The molecule has 1 fully saturated rings. The summed E-state index contributed by atoms with van der Waals surface area (Å²) in [6.45, 7) is 5.24. The molecule has 0 aromatic carbocycles. The number of hydrogen-bond donors (Lipinski definition) is 2. The van der Waals surface area contributed by atoms with Crippen LogP contribution in [-0.4, -0.2) is 43.2 Å². The van der Waals surface area contributed by atoms with Gasteiger partial charge >= 0.3 is 18.0 Å². The van der Waals surface area contributed by atoms with Crippen LogP contribution in [0.1, 0.15) is 20.8 Å². The molecular formula is C11H17N3O5. The first-order valence-electron chi connectivity index (χ1n) is 5.93. The van der Waals surface area contributed by atoms with E-state index < -0.39 is 18.1 Å². The van der Waals surface area contributed by atoms with E-state index in [-0.39, 0.29) is 31.0 Å². The third-order valence-electron chi connectivity index (χ3n) is 2.23. The van der Waals surface area contributed by atoms with Crippen molar-refractivity contribution in [3.63, 3.8) is 0 Å². The van der Waals surface area contributed by atoms with Gasteiger partial charge in [-0.2, -0.15) is 0 Å². The van der Waals surface area contributed by atoms with Crippen LogP contribution in [0.15, 0.2) is 4.99 Å². The van der Waals surface area contributed by atoms with Crippen LogP contribution >= 0.6 is 0 Å². The van der Waals surface area contributed by atoms with E-state index in [1.165, 1.54) is 0 Å². The van der Waals surface area contributed by atoms with E-state index in [2.05, 4.69) is 20.4 Å². The summed E-state index contributed by atoms with van der Waals surface area (Å²) in [7, 11) is 0. The average Bonchev–Trinajstić information content (AvgIpc) is 2.68. The summed E-state index contributed by atoms with van der Waals surface area (Å²) in [6, 6.07) is -0.946. The molecule has 0 aromatic heterocycles. The molecule has 1 aliphatic rings. The van der Waals surface area contributed by atoms with E-state index in [4.69, 9.17) is 4.74 Å². The standard InChI is InChI=1S/C11H17N3O5/c1-4-18-7(15)5-12-10(17)14-11-13-9(16)8(19-11)6(2)3/h6,8H,4-5H2,1-3H3,(H2,12,13,14,16,17). The van der Waals surface area contributed by atoms with Gasteiger partial charge in [0.15, 0.2) is 6.10 Å². The third-order valence-corrected chi connectivity index (χ3v) is 2.23. The average molecular weight is 271 g/mol. The summed E-state index contributed by atoms with van der Waals surface area (Å²) in [6.07, 6.45) is -0.656. The highest BCUT2D eigenvalue weighted by Crippen LogP contribution is 2.11. The number of esters is 1. The number of nitrogens with one attached hydrogen (secondary N) is 2. The molecule has 1 atom stereocenters. The maximum absolute atomic E-state index is 11.4. The van der Waals surface area contributed by atoms with Gasteiger partial charge in [0.1, 0.15) is 6.54 Å². The molecule has 106 valence electrons. The van der Waals surface area contributed by atoms with Crippen LogP contribution in [0.5, 0.6) is 0 Å². The maximum Gasteiger partial charge on any atom is 0.346 e. The van der Waals surface area contributed by atoms with Crippen LogP contribution in [0.25, 0.3) is 0 Å². The van der Waals surface area contributed by atoms with Gasteiger partial charge in [0.2, 0.25) is 0 Å². The van der Waals surface area contributed by atoms with Crippen molar-refractivity contribution in [1.29, 1.82) is 0 Å². The van der Waals surface area contributed by atoms with Crippen molar-refractivity contribution >= 4 is 23.9 Å². The maximum atomic E-state index is 11.4. The first-order chi connectivity index (χ1) is 8.93. The molecule has 1 rings (SSSR count). The molecular weight excluding hydrogens is 254 g/mol. The Kier molecular flexibility index (Phi) is 5.28. The van der Waals surface area contributed by atoms with Crippen LogP contribution < -0.4 is 10.6 Å². The van der Waals surface area contributed by atoms with Crippen LogP contribution in [0.2, 0.25) is 0 Å². The minimum atomic E-state index is -0.784. The van der Waals surface area contributed by atoms with Crippen LogP contribution in [-0.2, 0) is 19.1 Å². The van der Waals surface area contributed by atoms with Gasteiger partial charge in [-0.25, -0.2) is 4.79 Å². The molecule has 0 aromatic rings. The predicted octanol–water partition coefficient (Wildman–Crippen LogP) is -0.214. The number of amidine groups is 1. The molecule has 0 spiro atoms. The summed E-state index contributed by atoms with van der Waals surface area (Å²) >= 11 is 0. The molecule has 19 heavy (non-hydrogen) atoms. The molecule has 3 amide bonds. The van der Waals surface area contributed by atoms with E-state index in [1.807, 2.05) is 13.8 Å². The van der Waals surface area contributed by atoms with Crippen molar-refractivity contribution in [3.05, 3.63) is 0 Å². The largest absolute Gasteiger partial charge is 0.465 e. The monoisotopic (exact) mass is 271 g/mol. The minimum absolute atomic E-state index is 0.0321. The Morgan fingerprint density at radius 3 is 2.74 bits per heavy atom. The SMILES string of the molecule is CCOC(=O)CNC(=O)/N=C1/NC(=O)C(C(C)C)O1. The van der Waals surface area contributed by atoms with Crippen LogP contribution in [0.4, 0.5) is 4.79 Å². The molecule has 1 unspecified atom stereocenters. The Bertz CT molecular complexity index is 405. The molecule has 1 aliphatic heterocycles. The Morgan fingerprint density at radius 1 is 1.53 bits per heavy atom. The second-order valence-electron chi connectivity index (χ2n) is 4.15. The van der Waals surface area contributed by atoms with E-state index in [1.54, 1.807) is 6.92 Å². The van der Waals surface area contributed by atoms with Gasteiger partial charge < -0.3 is 14.8 Å². The highest BCUT2D eigenvalue weighted by atomic mass is 16.5. The van der Waals surface area contributed by atoms with E-state index in [9.17, 15) is 14.4 Å². The number of amides is 3. The van der Waals surface area contributed by atoms with E-state index >= 15 is 0 Å². The predicted molar refractivity (Wildman–Crippen MR) is 65.3 cm³/mol. The van der Waals surface area contributed by atoms with Gasteiger partial charge in [-0.3, -0.25) is 14.9 Å². The molecule has 0 saturated carbocycles. The summed E-state index contributed by atoms with van der Waals surface area (Å²) < 4.78 is 9.80. The Morgan fingerprint density at radius 2 is 2.21 bits per heavy atom. The number of rotatable bonds is 4. The Balaban J connectivity index is 2.46. The smallest absolute Gasteiger partial charge is 0.346 e. The van der Waals surface area contributed by atoms with Gasteiger partial charge in [0.05, 0.1) is 6.61 Å². The lowest BCUT2D eigenvalue weighted by molar-refractivity contribution is -0.141. The fraction of sp³-hybridized carbons (Fsp3) is 0.636. The molecule has 0 radical (unpaired) electrons. The number of urea groups is 1. The van der Waals surface area contributed by atoms with E-state index in [0.29, 0.717) is 0 Å². The van der Waals surface area contributed by atoms with Gasteiger partial charge in [0.25, 0.3) is 5.91 Å². The van der Waals surface area contributed by atoms with Gasteiger partial charge in [-0.15, -0.1) is 4.99 Å². The summed E-state index contributed by atoms with van der Waals surface area (Å²) in [4.78, 5) is 37.3. The normalized spacial score (nSPS) is 20.1. The van der Waals surface area contributed by atoms with Crippen molar-refractivity contribution in [1.82, 2.24) is 10.6 Å². The number of aliphatic imine (C=N–C) groups is 1. The number of hydrogen-bond acceptors (Lipinski definition) is 5. The summed E-state index contributed by atoms with van der Waals surface area (Å²) in [5, 5.41) is 4.56. The highest BCUT2D eigenvalue weighted by molar-refractivity contribution is 6.05. The molecule has 1 heterocycles. The molecule has 8 heteroatoms. The molecule has 2 N–H and O–H groups in total. The number of carbonyl (C=O) groups is 3. The number of carbonyl (C=O) groups excluding carboxylic acids is 3. The first kappa shape index (κ1) is 14.9. The number of ether oxygens (including phenoxy) is 2. The fourth-order valence-corrected chi connectivity index (χ4v) is 1.36. The first-order valence-corrected chi connectivity index (χ1v) is 5.93. The van der Waals surface area contributed by atoms with Crippen LogP contribution in [0, 0.1) is 5.92 Å².